The van der Waals surface area contributed by atoms with Crippen LogP contribution in [-0.4, -0.2) is 4.92 Å². The van der Waals surface area contributed by atoms with Crippen molar-refractivity contribution >= 4 is 34.0 Å². The smallest absolute Gasteiger partial charge is 0.272 e. The topological polar surface area (TPSA) is 68.3 Å². The lowest BCUT2D eigenvalue weighted by atomic mass is 10.2. The lowest BCUT2D eigenvalue weighted by Gasteiger charge is -2.05. The number of hydrogen-bond donors (Lipinski definition) is 1. The van der Waals surface area contributed by atoms with E-state index < -0.39 is 10.7 Å². The zero-order valence-electron chi connectivity index (χ0n) is 9.02. The molecule has 0 spiro atoms. The Hall–Kier alpha value is -1.64. The van der Waals surface area contributed by atoms with E-state index in [-0.39, 0.29) is 11.4 Å². The van der Waals surface area contributed by atoms with Gasteiger partial charge in [-0.3, -0.25) is 10.1 Å². The fourth-order valence-corrected chi connectivity index (χ4v) is 1.85. The summed E-state index contributed by atoms with van der Waals surface area (Å²) >= 11 is 2.03. The van der Waals surface area contributed by atoms with Crippen LogP contribution >= 0.6 is 22.6 Å². The molecule has 1 aromatic carbocycles. The summed E-state index contributed by atoms with van der Waals surface area (Å²) < 4.78 is 19.6. The van der Waals surface area contributed by atoms with Gasteiger partial charge in [0.25, 0.3) is 5.69 Å². The molecule has 7 heteroatoms. The molecule has 2 aromatic rings. The molecular weight excluding hydrogens is 354 g/mol. The standard InChI is InChI=1S/C11H8FIN2O3/c12-9-5-7(15(16)17)1-3-10(9)14-6-8-2-4-11(13)18-8/h1-5,14H,6H2. The van der Waals surface area contributed by atoms with Crippen molar-refractivity contribution in [3.05, 3.63) is 55.8 Å². The first-order valence-corrected chi connectivity index (χ1v) is 6.06. The number of nitro groups is 1. The Morgan fingerprint density at radius 1 is 1.39 bits per heavy atom. The van der Waals surface area contributed by atoms with Gasteiger partial charge >= 0.3 is 0 Å². The van der Waals surface area contributed by atoms with Crippen LogP contribution in [0.3, 0.4) is 0 Å². The largest absolute Gasteiger partial charge is 0.454 e. The number of anilines is 1. The fraction of sp³-hybridized carbons (Fsp3) is 0.0909. The molecule has 1 N–H and O–H groups in total. The number of halogens is 2. The maximum atomic E-state index is 13.5. The van der Waals surface area contributed by atoms with Crippen molar-refractivity contribution in [2.24, 2.45) is 0 Å². The van der Waals surface area contributed by atoms with Gasteiger partial charge in [0.2, 0.25) is 0 Å². The van der Waals surface area contributed by atoms with Gasteiger partial charge < -0.3 is 9.73 Å². The molecule has 94 valence electrons. The first-order valence-electron chi connectivity index (χ1n) is 4.98. The van der Waals surface area contributed by atoms with Crippen molar-refractivity contribution in [1.82, 2.24) is 0 Å². The molecule has 0 saturated heterocycles. The van der Waals surface area contributed by atoms with E-state index in [1.54, 1.807) is 12.1 Å². The fourth-order valence-electron chi connectivity index (χ4n) is 1.39. The molecule has 0 atom stereocenters. The van der Waals surface area contributed by atoms with Gasteiger partial charge in [-0.1, -0.05) is 0 Å². The SMILES string of the molecule is O=[N+]([O-])c1ccc(NCc2ccc(I)o2)c(F)c1. The van der Waals surface area contributed by atoms with Crippen LogP contribution < -0.4 is 5.32 Å². The summed E-state index contributed by atoms with van der Waals surface area (Å²) in [4.78, 5) is 9.81. The minimum absolute atomic E-state index is 0.201. The summed E-state index contributed by atoms with van der Waals surface area (Å²) in [5, 5.41) is 13.3. The number of non-ortho nitro benzene ring substituents is 1. The van der Waals surface area contributed by atoms with Gasteiger partial charge in [-0.15, -0.1) is 0 Å². The average molecular weight is 362 g/mol. The Bertz CT molecular complexity index is 585. The van der Waals surface area contributed by atoms with Crippen molar-refractivity contribution in [3.63, 3.8) is 0 Å². The van der Waals surface area contributed by atoms with Crippen molar-refractivity contribution < 1.29 is 13.7 Å². The van der Waals surface area contributed by atoms with Crippen LogP contribution in [0.4, 0.5) is 15.8 Å². The van der Waals surface area contributed by atoms with E-state index in [1.807, 2.05) is 22.6 Å². The quantitative estimate of drug-likeness (QED) is 0.513. The molecule has 0 aliphatic carbocycles. The van der Waals surface area contributed by atoms with Crippen molar-refractivity contribution in [1.29, 1.82) is 0 Å². The normalized spacial score (nSPS) is 10.3. The van der Waals surface area contributed by atoms with Crippen molar-refractivity contribution in [3.8, 4) is 0 Å². The maximum absolute atomic E-state index is 13.5. The number of nitrogens with one attached hydrogen (secondary N) is 1. The van der Waals surface area contributed by atoms with Crippen LogP contribution in [0.15, 0.2) is 34.7 Å². The summed E-state index contributed by atoms with van der Waals surface area (Å²) in [7, 11) is 0. The first-order chi connectivity index (χ1) is 8.56. The summed E-state index contributed by atoms with van der Waals surface area (Å²) in [5.41, 5.74) is -0.0717. The average Bonchev–Trinajstić information content (AvgIpc) is 2.73. The van der Waals surface area contributed by atoms with Gasteiger partial charge in [0, 0.05) is 6.07 Å². The van der Waals surface area contributed by atoms with Crippen LogP contribution in [0.5, 0.6) is 0 Å². The van der Waals surface area contributed by atoms with Crippen LogP contribution in [-0.2, 0) is 6.54 Å². The van der Waals surface area contributed by atoms with E-state index in [2.05, 4.69) is 5.32 Å². The predicted octanol–water partition coefficient (Wildman–Crippen LogP) is 3.54. The highest BCUT2D eigenvalue weighted by atomic mass is 127. The van der Waals surface area contributed by atoms with Crippen molar-refractivity contribution in [2.45, 2.75) is 6.54 Å². The molecule has 0 fully saturated rings. The van der Waals surface area contributed by atoms with Crippen molar-refractivity contribution in [2.75, 3.05) is 5.32 Å². The van der Waals surface area contributed by atoms with E-state index in [1.165, 1.54) is 12.1 Å². The van der Waals surface area contributed by atoms with Gasteiger partial charge in [-0.2, -0.15) is 0 Å². The van der Waals surface area contributed by atoms with Crippen LogP contribution in [0.25, 0.3) is 0 Å². The highest BCUT2D eigenvalue weighted by Crippen LogP contribution is 2.21. The van der Waals surface area contributed by atoms with E-state index >= 15 is 0 Å². The molecule has 18 heavy (non-hydrogen) atoms. The molecule has 0 amide bonds. The number of nitro benzene ring substituents is 1. The van der Waals surface area contributed by atoms with Crippen LogP contribution in [0.2, 0.25) is 0 Å². The molecule has 0 aliphatic heterocycles. The summed E-state index contributed by atoms with van der Waals surface area (Å²) in [6.07, 6.45) is 0. The zero-order chi connectivity index (χ0) is 13.1. The molecule has 0 bridgehead atoms. The van der Waals surface area contributed by atoms with Crippen LogP contribution in [0.1, 0.15) is 5.76 Å². The Kier molecular flexibility index (Phi) is 3.80. The minimum atomic E-state index is -0.662. The van der Waals surface area contributed by atoms with Gasteiger partial charge in [0.1, 0.15) is 5.76 Å². The lowest BCUT2D eigenvalue weighted by Crippen LogP contribution is -2.01. The monoisotopic (exact) mass is 362 g/mol. The highest BCUT2D eigenvalue weighted by molar-refractivity contribution is 14.1. The molecule has 1 heterocycles. The number of rotatable bonds is 4. The van der Waals surface area contributed by atoms with E-state index in [9.17, 15) is 14.5 Å². The molecule has 0 aliphatic rings. The molecule has 5 nitrogen and oxygen atoms in total. The van der Waals surface area contributed by atoms with Crippen LogP contribution in [0, 0.1) is 19.7 Å². The molecular formula is C11H8FIN2O3. The molecule has 0 unspecified atom stereocenters. The van der Waals surface area contributed by atoms with E-state index in [0.29, 0.717) is 12.3 Å². The Morgan fingerprint density at radius 2 is 2.17 bits per heavy atom. The number of furan rings is 1. The molecule has 0 saturated carbocycles. The van der Waals surface area contributed by atoms with E-state index in [0.717, 1.165) is 9.83 Å². The summed E-state index contributed by atoms with van der Waals surface area (Å²) in [6.45, 7) is 0.317. The minimum Gasteiger partial charge on any atom is -0.454 e. The summed E-state index contributed by atoms with van der Waals surface area (Å²) in [5.74, 6) is 0.00241. The van der Waals surface area contributed by atoms with Gasteiger partial charge in [0.15, 0.2) is 9.58 Å². The third kappa shape index (κ3) is 2.97. The Morgan fingerprint density at radius 3 is 2.72 bits per heavy atom. The molecule has 2 rings (SSSR count). The zero-order valence-corrected chi connectivity index (χ0v) is 11.2. The first kappa shape index (κ1) is 12.8. The maximum Gasteiger partial charge on any atom is 0.272 e. The number of hydrogen-bond acceptors (Lipinski definition) is 4. The lowest BCUT2D eigenvalue weighted by molar-refractivity contribution is -0.385. The molecule has 1 aromatic heterocycles. The predicted molar refractivity (Wildman–Crippen MR) is 71.8 cm³/mol. The van der Waals surface area contributed by atoms with Gasteiger partial charge in [0.05, 0.1) is 23.2 Å². The van der Waals surface area contributed by atoms with E-state index in [4.69, 9.17) is 4.42 Å². The highest BCUT2D eigenvalue weighted by Gasteiger charge is 2.10. The third-order valence-electron chi connectivity index (χ3n) is 2.25. The third-order valence-corrected chi connectivity index (χ3v) is 2.83. The van der Waals surface area contributed by atoms with Gasteiger partial charge in [-0.05, 0) is 40.8 Å². The second-order valence-corrected chi connectivity index (χ2v) is 4.54. The Labute approximate surface area is 115 Å². The number of benzene rings is 1. The second-order valence-electron chi connectivity index (χ2n) is 3.48. The Balaban J connectivity index is 2.08. The molecule has 0 radical (unpaired) electrons. The van der Waals surface area contributed by atoms with Gasteiger partial charge in [-0.25, -0.2) is 4.39 Å². The number of nitrogens with zero attached hydrogens (tertiary/aromatic N) is 1. The summed E-state index contributed by atoms with van der Waals surface area (Å²) in [6, 6.07) is 7.04. The second kappa shape index (κ2) is 5.34.